The van der Waals surface area contributed by atoms with Crippen LogP contribution in [0.2, 0.25) is 19.6 Å². The van der Waals surface area contributed by atoms with Gasteiger partial charge in [-0.25, -0.2) is 0 Å². The zero-order valence-corrected chi connectivity index (χ0v) is 15.8. The number of carbonyl (C=O) groups is 1. The molecule has 0 amide bonds. The molecule has 0 aliphatic heterocycles. The van der Waals surface area contributed by atoms with E-state index < -0.39 is 8.24 Å². The summed E-state index contributed by atoms with van der Waals surface area (Å²) in [4.78, 5) is 9.84. The average molecular weight is 300 g/mol. The highest BCUT2D eigenvalue weighted by atomic mass is 28.3. The quantitative estimate of drug-likeness (QED) is 0.210. The fourth-order valence-corrected chi connectivity index (χ4v) is 3.15. The minimum absolute atomic E-state index is 0.754. The molecule has 0 fully saturated rings. The first-order chi connectivity index (χ1) is 9.37. The molecule has 0 aliphatic carbocycles. The van der Waals surface area contributed by atoms with Gasteiger partial charge in [0.1, 0.15) is 6.29 Å². The molecule has 0 aromatic rings. The van der Waals surface area contributed by atoms with Gasteiger partial charge in [-0.15, -0.1) is 0 Å². The van der Waals surface area contributed by atoms with E-state index in [-0.39, 0.29) is 0 Å². The van der Waals surface area contributed by atoms with Gasteiger partial charge < -0.3 is 9.45 Å². The zero-order valence-electron chi connectivity index (χ0n) is 14.8. The Morgan fingerprint density at radius 2 is 1.50 bits per heavy atom. The second-order valence-electron chi connectivity index (χ2n) is 6.49. The van der Waals surface area contributed by atoms with Crippen LogP contribution in [0.25, 0.3) is 0 Å². The summed E-state index contributed by atoms with van der Waals surface area (Å²) in [6.07, 6.45) is 11.7. The summed E-state index contributed by atoms with van der Waals surface area (Å²) in [5.41, 5.74) is 1.35. The van der Waals surface area contributed by atoms with Crippen molar-refractivity contribution in [2.75, 3.05) is 0 Å². The number of nitrogens with zero attached hydrogens (tertiary/aromatic N) is 1. The van der Waals surface area contributed by atoms with Crippen LogP contribution in [-0.2, 0) is 4.79 Å². The molecule has 0 N–H and O–H groups in total. The maximum absolute atomic E-state index is 9.84. The van der Waals surface area contributed by atoms with Crippen LogP contribution in [0.1, 0.15) is 78.6 Å². The minimum atomic E-state index is -1.18. The van der Waals surface area contributed by atoms with Crippen LogP contribution < -0.4 is 0 Å². The van der Waals surface area contributed by atoms with E-state index in [0.29, 0.717) is 0 Å². The van der Waals surface area contributed by atoms with Gasteiger partial charge in [0.15, 0.2) is 8.24 Å². The highest BCUT2D eigenvalue weighted by molar-refractivity contribution is 6.75. The summed E-state index contributed by atoms with van der Waals surface area (Å²) in [5, 5.41) is 0. The summed E-state index contributed by atoms with van der Waals surface area (Å²) < 4.78 is 4.70. The number of hydrogen-bond donors (Lipinski definition) is 0. The summed E-state index contributed by atoms with van der Waals surface area (Å²) >= 11 is 0. The number of rotatable bonds is 10. The van der Waals surface area contributed by atoms with Crippen molar-refractivity contribution in [3.8, 4) is 0 Å². The molecule has 0 aliphatic rings. The molecular weight excluding hydrogens is 262 g/mol. The van der Waals surface area contributed by atoms with Gasteiger partial charge in [-0.1, -0.05) is 46.0 Å². The lowest BCUT2D eigenvalue weighted by atomic mass is 10.1. The van der Waals surface area contributed by atoms with Crippen molar-refractivity contribution in [3.05, 3.63) is 0 Å². The van der Waals surface area contributed by atoms with Gasteiger partial charge in [0, 0.05) is 6.42 Å². The summed E-state index contributed by atoms with van der Waals surface area (Å²) in [6.45, 7) is 13.4. The largest absolute Gasteiger partial charge is 0.331 e. The Balaban J connectivity index is 0. The molecular formula is C17H37NOSi. The standard InChI is InChI=1S/C9H21NSi.C8H16O/c1-6-7-8-9(2)10-11(3,4)5;1-2-3-4-5-6-7-8-9/h6-8H2,1-5H3;8H,2-7H2,1H3. The molecule has 0 saturated carbocycles. The van der Waals surface area contributed by atoms with Crippen molar-refractivity contribution in [1.82, 2.24) is 0 Å². The highest BCUT2D eigenvalue weighted by Crippen LogP contribution is 2.05. The van der Waals surface area contributed by atoms with Crippen molar-refractivity contribution in [1.29, 1.82) is 0 Å². The predicted molar refractivity (Wildman–Crippen MR) is 95.4 cm³/mol. The fraction of sp³-hybridized carbons (Fsp3) is 0.882. The molecule has 2 nitrogen and oxygen atoms in total. The topological polar surface area (TPSA) is 29.4 Å². The lowest BCUT2D eigenvalue weighted by Gasteiger charge is -2.10. The molecule has 0 radical (unpaired) electrons. The van der Waals surface area contributed by atoms with Crippen molar-refractivity contribution in [3.63, 3.8) is 0 Å². The predicted octanol–water partition coefficient (Wildman–Crippen LogP) is 6.02. The number of carbonyl (C=O) groups excluding carboxylic acids is 1. The molecule has 120 valence electrons. The van der Waals surface area contributed by atoms with Crippen molar-refractivity contribution < 1.29 is 4.79 Å². The van der Waals surface area contributed by atoms with Gasteiger partial charge in [0.2, 0.25) is 0 Å². The third-order valence-electron chi connectivity index (χ3n) is 2.84. The first-order valence-electron chi connectivity index (χ1n) is 8.36. The van der Waals surface area contributed by atoms with Gasteiger partial charge in [0.05, 0.1) is 0 Å². The summed E-state index contributed by atoms with van der Waals surface area (Å²) in [6, 6.07) is 0. The number of aldehydes is 1. The minimum Gasteiger partial charge on any atom is -0.331 e. The van der Waals surface area contributed by atoms with E-state index in [4.69, 9.17) is 4.66 Å². The average Bonchev–Trinajstić information content (AvgIpc) is 2.35. The second kappa shape index (κ2) is 15.0. The van der Waals surface area contributed by atoms with E-state index in [0.717, 1.165) is 19.1 Å². The number of hydrogen-bond acceptors (Lipinski definition) is 2. The molecule has 0 unspecified atom stereocenters. The smallest absolute Gasteiger partial charge is 0.172 e. The Bertz CT molecular complexity index is 244. The van der Waals surface area contributed by atoms with Gasteiger partial charge >= 0.3 is 0 Å². The Kier molecular flexibility index (Phi) is 16.3. The van der Waals surface area contributed by atoms with E-state index in [1.165, 1.54) is 50.7 Å². The van der Waals surface area contributed by atoms with E-state index in [2.05, 4.69) is 40.4 Å². The monoisotopic (exact) mass is 299 g/mol. The molecule has 0 rings (SSSR count). The second-order valence-corrected chi connectivity index (χ2v) is 11.1. The number of unbranched alkanes of at least 4 members (excludes halogenated alkanes) is 6. The van der Waals surface area contributed by atoms with Crippen LogP contribution in [0.5, 0.6) is 0 Å². The van der Waals surface area contributed by atoms with Crippen LogP contribution >= 0.6 is 0 Å². The van der Waals surface area contributed by atoms with Gasteiger partial charge in [0.25, 0.3) is 0 Å². The maximum Gasteiger partial charge on any atom is 0.172 e. The van der Waals surface area contributed by atoms with Crippen molar-refractivity contribution >= 4 is 20.2 Å². The summed E-state index contributed by atoms with van der Waals surface area (Å²) in [7, 11) is -1.18. The lowest BCUT2D eigenvalue weighted by Crippen LogP contribution is -2.18. The maximum atomic E-state index is 9.84. The molecule has 0 spiro atoms. The Morgan fingerprint density at radius 1 is 0.950 bits per heavy atom. The Labute approximate surface area is 128 Å². The SMILES string of the molecule is CCCCC(C)=N[Si](C)(C)C.CCCCCCCC=O. The lowest BCUT2D eigenvalue weighted by molar-refractivity contribution is -0.107. The van der Waals surface area contributed by atoms with E-state index in [1.807, 2.05) is 0 Å². The van der Waals surface area contributed by atoms with Gasteiger partial charge in [-0.2, -0.15) is 0 Å². The van der Waals surface area contributed by atoms with Crippen LogP contribution in [0, 0.1) is 0 Å². The van der Waals surface area contributed by atoms with Crippen molar-refractivity contribution in [2.24, 2.45) is 4.66 Å². The summed E-state index contributed by atoms with van der Waals surface area (Å²) in [5.74, 6) is 0. The third-order valence-corrected chi connectivity index (χ3v) is 3.90. The first kappa shape index (κ1) is 21.8. The third kappa shape index (κ3) is 22.7. The van der Waals surface area contributed by atoms with Crippen molar-refractivity contribution in [2.45, 2.75) is 98.2 Å². The molecule has 0 aromatic carbocycles. The van der Waals surface area contributed by atoms with E-state index in [1.54, 1.807) is 0 Å². The Morgan fingerprint density at radius 3 is 1.95 bits per heavy atom. The van der Waals surface area contributed by atoms with Crippen LogP contribution in [-0.4, -0.2) is 20.2 Å². The molecule has 0 heterocycles. The van der Waals surface area contributed by atoms with Crippen LogP contribution in [0.3, 0.4) is 0 Å². The fourth-order valence-electron chi connectivity index (χ4n) is 1.89. The first-order valence-corrected chi connectivity index (χ1v) is 11.8. The molecule has 3 heteroatoms. The molecule has 20 heavy (non-hydrogen) atoms. The van der Waals surface area contributed by atoms with E-state index >= 15 is 0 Å². The molecule has 0 bridgehead atoms. The zero-order chi connectivity index (χ0) is 15.9. The van der Waals surface area contributed by atoms with Gasteiger partial charge in [-0.05, 0) is 51.5 Å². The molecule has 0 saturated heterocycles. The van der Waals surface area contributed by atoms with Gasteiger partial charge in [-0.3, -0.25) is 0 Å². The molecule has 0 atom stereocenters. The van der Waals surface area contributed by atoms with Crippen LogP contribution in [0.15, 0.2) is 4.66 Å². The Hall–Kier alpha value is -0.443. The van der Waals surface area contributed by atoms with Crippen LogP contribution in [0.4, 0.5) is 0 Å². The van der Waals surface area contributed by atoms with E-state index in [9.17, 15) is 4.79 Å². The normalized spacial score (nSPS) is 11.8. The molecule has 0 aromatic heterocycles. The highest BCUT2D eigenvalue weighted by Gasteiger charge is 2.10.